The van der Waals surface area contributed by atoms with E-state index in [0.29, 0.717) is 11.7 Å². The molecule has 21 heavy (non-hydrogen) atoms. The van der Waals surface area contributed by atoms with Crippen LogP contribution in [0.4, 0.5) is 0 Å². The molecule has 7 nitrogen and oxygen atoms in total. The largest absolute Gasteiger partial charge is 0.326 e. The highest BCUT2D eigenvalue weighted by Gasteiger charge is 2.18. The summed E-state index contributed by atoms with van der Waals surface area (Å²) in [5, 5.41) is 17.8. The minimum atomic E-state index is 0.423. The molecule has 0 saturated carbocycles. The fourth-order valence-corrected chi connectivity index (χ4v) is 3.02. The molecule has 3 rings (SSSR count). The molecule has 0 radical (unpaired) electrons. The van der Waals surface area contributed by atoms with Crippen LogP contribution in [-0.4, -0.2) is 30.0 Å². The predicted molar refractivity (Wildman–Crippen MR) is 79.1 cm³/mol. The van der Waals surface area contributed by atoms with Gasteiger partial charge in [-0.15, -0.1) is 5.10 Å². The number of nitrogens with two attached hydrogens (primary N) is 1. The Balaban J connectivity index is 2.11. The second-order valence-corrected chi connectivity index (χ2v) is 5.46. The van der Waals surface area contributed by atoms with E-state index in [1.165, 1.54) is 11.8 Å². The van der Waals surface area contributed by atoms with E-state index >= 15 is 0 Å². The van der Waals surface area contributed by atoms with E-state index < -0.39 is 0 Å². The Bertz CT molecular complexity index is 747. The van der Waals surface area contributed by atoms with E-state index in [2.05, 4.69) is 20.6 Å². The summed E-state index contributed by atoms with van der Waals surface area (Å²) in [5.41, 5.74) is 8.79. The van der Waals surface area contributed by atoms with Crippen LogP contribution < -0.4 is 5.73 Å². The maximum atomic E-state index is 5.88. The van der Waals surface area contributed by atoms with Crippen LogP contribution in [0.2, 0.25) is 0 Å². The molecule has 3 aromatic rings. The quantitative estimate of drug-likeness (QED) is 0.782. The van der Waals surface area contributed by atoms with Crippen LogP contribution in [0.15, 0.2) is 40.5 Å². The number of benzene rings is 1. The molecule has 2 N–H and O–H groups in total. The van der Waals surface area contributed by atoms with Gasteiger partial charge in [-0.05, 0) is 41.2 Å². The fraction of sp³-hybridized carbons (Fsp3) is 0.231. The standard InChI is InChI=1S/C13H15N7S/c1-9-11(8-14)12(21-13-15-17-18-19(13)2)20(16-9)10-6-4-3-5-7-10/h3-7H,8,14H2,1-2H3. The van der Waals surface area contributed by atoms with E-state index in [1.54, 1.807) is 11.7 Å². The lowest BCUT2D eigenvalue weighted by Gasteiger charge is -2.07. The summed E-state index contributed by atoms with van der Waals surface area (Å²) >= 11 is 1.46. The fourth-order valence-electron chi connectivity index (χ4n) is 2.02. The number of aromatic nitrogens is 6. The first kappa shape index (κ1) is 13.8. The average Bonchev–Trinajstić information content (AvgIpc) is 3.04. The number of para-hydroxylation sites is 1. The van der Waals surface area contributed by atoms with Gasteiger partial charge in [0.05, 0.1) is 11.4 Å². The van der Waals surface area contributed by atoms with Gasteiger partial charge >= 0.3 is 0 Å². The topological polar surface area (TPSA) is 87.4 Å². The Labute approximate surface area is 126 Å². The third-order valence-corrected chi connectivity index (χ3v) is 4.25. The SMILES string of the molecule is Cc1nn(-c2ccccc2)c(Sc2nnnn2C)c1CN. The smallest absolute Gasteiger partial charge is 0.215 e. The van der Waals surface area contributed by atoms with Crippen molar-refractivity contribution in [1.82, 2.24) is 30.0 Å². The van der Waals surface area contributed by atoms with Crippen LogP contribution in [0, 0.1) is 6.92 Å². The molecule has 108 valence electrons. The van der Waals surface area contributed by atoms with Gasteiger partial charge in [-0.1, -0.05) is 18.2 Å². The van der Waals surface area contributed by atoms with E-state index in [-0.39, 0.29) is 0 Å². The lowest BCUT2D eigenvalue weighted by Crippen LogP contribution is -2.03. The number of rotatable bonds is 4. The normalized spacial score (nSPS) is 11.0. The number of aryl methyl sites for hydroxylation is 2. The van der Waals surface area contributed by atoms with E-state index in [9.17, 15) is 0 Å². The highest BCUT2D eigenvalue weighted by atomic mass is 32.2. The summed E-state index contributed by atoms with van der Waals surface area (Å²) in [6.45, 7) is 2.38. The van der Waals surface area contributed by atoms with Gasteiger partial charge < -0.3 is 5.73 Å². The lowest BCUT2D eigenvalue weighted by atomic mass is 10.3. The zero-order valence-corrected chi connectivity index (χ0v) is 12.6. The summed E-state index contributed by atoms with van der Waals surface area (Å²) in [6.07, 6.45) is 0. The number of tetrazole rings is 1. The summed E-state index contributed by atoms with van der Waals surface area (Å²) in [5.74, 6) is 0. The molecule has 0 atom stereocenters. The summed E-state index contributed by atoms with van der Waals surface area (Å²) < 4.78 is 3.51. The van der Waals surface area contributed by atoms with Gasteiger partial charge in [0.25, 0.3) is 0 Å². The van der Waals surface area contributed by atoms with Gasteiger partial charge in [-0.25, -0.2) is 9.36 Å². The van der Waals surface area contributed by atoms with Gasteiger partial charge in [-0.2, -0.15) is 5.10 Å². The first-order valence-electron chi connectivity index (χ1n) is 6.45. The Hall–Kier alpha value is -2.19. The Morgan fingerprint density at radius 1 is 1.24 bits per heavy atom. The van der Waals surface area contributed by atoms with Crippen LogP contribution in [0.5, 0.6) is 0 Å². The van der Waals surface area contributed by atoms with E-state index in [0.717, 1.165) is 22.0 Å². The third kappa shape index (κ3) is 2.55. The molecule has 0 aliphatic carbocycles. The molecule has 0 amide bonds. The van der Waals surface area contributed by atoms with Gasteiger partial charge in [0, 0.05) is 19.2 Å². The van der Waals surface area contributed by atoms with Crippen LogP contribution in [0.1, 0.15) is 11.3 Å². The highest BCUT2D eigenvalue weighted by molar-refractivity contribution is 7.99. The van der Waals surface area contributed by atoms with Gasteiger partial charge in [-0.3, -0.25) is 0 Å². The molecule has 0 aliphatic rings. The van der Waals surface area contributed by atoms with Crippen LogP contribution in [-0.2, 0) is 13.6 Å². The van der Waals surface area contributed by atoms with Crippen molar-refractivity contribution in [2.24, 2.45) is 12.8 Å². The van der Waals surface area contributed by atoms with Crippen molar-refractivity contribution in [3.8, 4) is 5.69 Å². The van der Waals surface area contributed by atoms with Gasteiger partial charge in [0.15, 0.2) is 0 Å². The minimum absolute atomic E-state index is 0.423. The molecule has 8 heteroatoms. The molecule has 0 bridgehead atoms. The second kappa shape index (κ2) is 5.66. The second-order valence-electron chi connectivity index (χ2n) is 4.51. The van der Waals surface area contributed by atoms with Gasteiger partial charge in [0.1, 0.15) is 5.03 Å². The molecule has 0 spiro atoms. The number of hydrogen-bond donors (Lipinski definition) is 1. The van der Waals surface area contributed by atoms with E-state index in [1.807, 2.05) is 41.9 Å². The molecule has 1 aromatic carbocycles. The lowest BCUT2D eigenvalue weighted by molar-refractivity contribution is 0.663. The third-order valence-electron chi connectivity index (χ3n) is 3.11. The molecule has 2 aromatic heterocycles. The monoisotopic (exact) mass is 301 g/mol. The summed E-state index contributed by atoms with van der Waals surface area (Å²) in [4.78, 5) is 0. The molecular formula is C13H15N7S. The first-order chi connectivity index (χ1) is 10.2. The van der Waals surface area contributed by atoms with Crippen molar-refractivity contribution >= 4 is 11.8 Å². The molecule has 0 unspecified atom stereocenters. The molecule has 0 aliphatic heterocycles. The summed E-state index contributed by atoms with van der Waals surface area (Å²) in [6, 6.07) is 9.94. The van der Waals surface area contributed by atoms with Crippen molar-refractivity contribution < 1.29 is 0 Å². The van der Waals surface area contributed by atoms with Crippen molar-refractivity contribution in [2.45, 2.75) is 23.7 Å². The maximum absolute atomic E-state index is 5.88. The molecule has 2 heterocycles. The Morgan fingerprint density at radius 2 is 2.00 bits per heavy atom. The van der Waals surface area contributed by atoms with Crippen LogP contribution >= 0.6 is 11.8 Å². The van der Waals surface area contributed by atoms with Crippen molar-refractivity contribution in [1.29, 1.82) is 0 Å². The number of nitrogens with zero attached hydrogens (tertiary/aromatic N) is 6. The highest BCUT2D eigenvalue weighted by Crippen LogP contribution is 2.32. The average molecular weight is 301 g/mol. The minimum Gasteiger partial charge on any atom is -0.326 e. The van der Waals surface area contributed by atoms with Gasteiger partial charge in [0.2, 0.25) is 5.16 Å². The Morgan fingerprint density at radius 3 is 2.62 bits per heavy atom. The van der Waals surface area contributed by atoms with Crippen LogP contribution in [0.25, 0.3) is 5.69 Å². The maximum Gasteiger partial charge on any atom is 0.215 e. The van der Waals surface area contributed by atoms with Crippen molar-refractivity contribution in [3.63, 3.8) is 0 Å². The molecular weight excluding hydrogens is 286 g/mol. The zero-order valence-electron chi connectivity index (χ0n) is 11.8. The molecule has 0 fully saturated rings. The van der Waals surface area contributed by atoms with E-state index in [4.69, 9.17) is 5.73 Å². The summed E-state index contributed by atoms with van der Waals surface area (Å²) in [7, 11) is 1.81. The first-order valence-corrected chi connectivity index (χ1v) is 7.26. The number of hydrogen-bond acceptors (Lipinski definition) is 6. The zero-order chi connectivity index (χ0) is 14.8. The van der Waals surface area contributed by atoms with Crippen molar-refractivity contribution in [2.75, 3.05) is 0 Å². The van der Waals surface area contributed by atoms with Crippen molar-refractivity contribution in [3.05, 3.63) is 41.6 Å². The van der Waals surface area contributed by atoms with Crippen LogP contribution in [0.3, 0.4) is 0 Å². The molecule has 0 saturated heterocycles. The Kier molecular flexibility index (Phi) is 3.72. The predicted octanol–water partition coefficient (Wildman–Crippen LogP) is 1.31.